The lowest BCUT2D eigenvalue weighted by atomic mass is 10.0. The number of rotatable bonds is 5. The number of hydrogen-bond donors (Lipinski definition) is 1. The lowest BCUT2D eigenvalue weighted by molar-refractivity contribution is -0.0238. The van der Waals surface area contributed by atoms with E-state index in [1.807, 2.05) is 12.1 Å². The Hall–Kier alpha value is -2.60. The molecule has 1 aromatic heterocycles. The van der Waals surface area contributed by atoms with Crippen molar-refractivity contribution in [2.24, 2.45) is 0 Å². The van der Waals surface area contributed by atoms with Crippen molar-refractivity contribution >= 4 is 11.9 Å². The lowest BCUT2D eigenvalue weighted by Gasteiger charge is -2.32. The van der Waals surface area contributed by atoms with Crippen LogP contribution in [0.5, 0.6) is 0 Å². The molecule has 0 aliphatic carbocycles. The molecule has 1 aliphatic rings. The van der Waals surface area contributed by atoms with Crippen LogP contribution >= 0.6 is 0 Å². The number of aromatic carboxylic acids is 1. The molecule has 1 unspecified atom stereocenters. The Morgan fingerprint density at radius 2 is 1.92 bits per heavy atom. The van der Waals surface area contributed by atoms with Crippen LogP contribution in [0.3, 0.4) is 0 Å². The number of amides is 1. The Bertz CT molecular complexity index is 793. The van der Waals surface area contributed by atoms with Gasteiger partial charge in [0.1, 0.15) is 17.4 Å². The summed E-state index contributed by atoms with van der Waals surface area (Å²) in [5.74, 6) is -0.992. The smallest absolute Gasteiger partial charge is 0.339 e. The normalized spacial score (nSPS) is 17.3. The van der Waals surface area contributed by atoms with Gasteiger partial charge in [-0.2, -0.15) is 0 Å². The number of carboxylic acids is 1. The van der Waals surface area contributed by atoms with Gasteiger partial charge in [-0.05, 0) is 17.5 Å². The predicted molar refractivity (Wildman–Crippen MR) is 95.5 cm³/mol. The zero-order valence-corrected chi connectivity index (χ0v) is 15.0. The number of benzene rings is 1. The first-order chi connectivity index (χ1) is 12.5. The average molecular weight is 357 g/mol. The van der Waals surface area contributed by atoms with Crippen molar-refractivity contribution < 1.29 is 23.8 Å². The summed E-state index contributed by atoms with van der Waals surface area (Å²) in [6, 6.07) is 9.52. The van der Waals surface area contributed by atoms with Gasteiger partial charge in [0, 0.05) is 19.0 Å². The van der Waals surface area contributed by atoms with Gasteiger partial charge in [0.25, 0.3) is 5.91 Å². The molecule has 1 atom stereocenters. The van der Waals surface area contributed by atoms with Crippen LogP contribution in [0.4, 0.5) is 0 Å². The fourth-order valence-corrected chi connectivity index (χ4v) is 3.14. The van der Waals surface area contributed by atoms with Crippen LogP contribution < -0.4 is 0 Å². The van der Waals surface area contributed by atoms with E-state index in [0.717, 1.165) is 12.0 Å². The van der Waals surface area contributed by atoms with Gasteiger partial charge in [0.15, 0.2) is 5.76 Å². The van der Waals surface area contributed by atoms with Crippen molar-refractivity contribution in [3.8, 4) is 0 Å². The zero-order valence-electron chi connectivity index (χ0n) is 15.0. The fourth-order valence-electron chi connectivity index (χ4n) is 3.14. The van der Waals surface area contributed by atoms with Gasteiger partial charge in [0.05, 0.1) is 13.2 Å². The Labute approximate surface area is 152 Å². The number of furan rings is 1. The molecule has 6 heteroatoms. The zero-order chi connectivity index (χ0) is 18.7. The van der Waals surface area contributed by atoms with E-state index in [9.17, 15) is 14.7 Å². The second-order valence-corrected chi connectivity index (χ2v) is 6.31. The van der Waals surface area contributed by atoms with Crippen molar-refractivity contribution in [3.05, 3.63) is 58.5 Å². The van der Waals surface area contributed by atoms with Crippen molar-refractivity contribution in [1.82, 2.24) is 4.90 Å². The molecule has 1 amide bonds. The van der Waals surface area contributed by atoms with E-state index in [1.165, 1.54) is 11.6 Å². The van der Waals surface area contributed by atoms with Gasteiger partial charge in [-0.3, -0.25) is 4.79 Å². The Balaban J connectivity index is 1.76. The van der Waals surface area contributed by atoms with Gasteiger partial charge in [-0.1, -0.05) is 38.1 Å². The topological polar surface area (TPSA) is 80.0 Å². The van der Waals surface area contributed by atoms with Gasteiger partial charge in [0.2, 0.25) is 0 Å². The summed E-state index contributed by atoms with van der Waals surface area (Å²) < 4.78 is 11.3. The number of carboxylic acid groups (broad SMARTS) is 1. The maximum absolute atomic E-state index is 12.8. The molecule has 0 spiro atoms. The minimum atomic E-state index is -1.08. The number of carbonyl (C=O) groups excluding carboxylic acids is 1. The summed E-state index contributed by atoms with van der Waals surface area (Å²) in [5, 5.41) is 9.23. The third kappa shape index (κ3) is 3.65. The molecule has 2 heterocycles. The van der Waals surface area contributed by atoms with Crippen molar-refractivity contribution in [1.29, 1.82) is 0 Å². The molecule has 0 bridgehead atoms. The molecule has 1 aliphatic heterocycles. The van der Waals surface area contributed by atoms with Crippen molar-refractivity contribution in [2.45, 2.75) is 32.8 Å². The van der Waals surface area contributed by atoms with E-state index in [2.05, 4.69) is 19.1 Å². The van der Waals surface area contributed by atoms with E-state index >= 15 is 0 Å². The van der Waals surface area contributed by atoms with Crippen LogP contribution in [0, 0.1) is 0 Å². The fraction of sp³-hybridized carbons (Fsp3) is 0.400. The minimum absolute atomic E-state index is 0.0517. The first-order valence-electron chi connectivity index (χ1n) is 8.89. The quantitative estimate of drug-likeness (QED) is 0.888. The molecule has 1 saturated heterocycles. The molecule has 26 heavy (non-hydrogen) atoms. The third-order valence-corrected chi connectivity index (χ3v) is 4.68. The van der Waals surface area contributed by atoms with Crippen LogP contribution in [0.1, 0.15) is 57.8 Å². The maximum atomic E-state index is 12.8. The van der Waals surface area contributed by atoms with Crippen LogP contribution in [0.2, 0.25) is 0 Å². The van der Waals surface area contributed by atoms with Crippen LogP contribution in [0.25, 0.3) is 0 Å². The number of aryl methyl sites for hydroxylation is 2. The summed E-state index contributed by atoms with van der Waals surface area (Å²) in [5.41, 5.74) is 2.33. The number of carbonyl (C=O) groups is 2. The summed E-state index contributed by atoms with van der Waals surface area (Å²) in [6.07, 6.45) is 1.20. The van der Waals surface area contributed by atoms with Crippen LogP contribution in [-0.4, -0.2) is 41.6 Å². The molecular formula is C20H23NO5. The molecule has 0 radical (unpaired) electrons. The monoisotopic (exact) mass is 357 g/mol. The molecule has 1 aromatic carbocycles. The highest BCUT2D eigenvalue weighted by atomic mass is 16.5. The van der Waals surface area contributed by atoms with Gasteiger partial charge in [-0.15, -0.1) is 0 Å². The summed E-state index contributed by atoms with van der Waals surface area (Å²) >= 11 is 0. The summed E-state index contributed by atoms with van der Waals surface area (Å²) in [6.45, 7) is 5.19. The summed E-state index contributed by atoms with van der Waals surface area (Å²) in [4.78, 5) is 25.7. The van der Waals surface area contributed by atoms with Gasteiger partial charge < -0.3 is 19.2 Å². The molecule has 0 saturated carbocycles. The lowest BCUT2D eigenvalue weighted by Crippen LogP contribution is -2.42. The summed E-state index contributed by atoms with van der Waals surface area (Å²) in [7, 11) is 0. The van der Waals surface area contributed by atoms with Crippen LogP contribution in [0.15, 0.2) is 34.7 Å². The number of ether oxygens (including phenoxy) is 1. The Morgan fingerprint density at radius 3 is 2.50 bits per heavy atom. The highest BCUT2D eigenvalue weighted by Crippen LogP contribution is 2.25. The highest BCUT2D eigenvalue weighted by Gasteiger charge is 2.29. The van der Waals surface area contributed by atoms with Crippen molar-refractivity contribution in [3.63, 3.8) is 0 Å². The molecule has 3 rings (SSSR count). The molecular weight excluding hydrogens is 334 g/mol. The highest BCUT2D eigenvalue weighted by molar-refractivity contribution is 5.96. The van der Waals surface area contributed by atoms with E-state index in [-0.39, 0.29) is 23.3 Å². The standard InChI is InChI=1S/C20H23NO5/c1-3-13-5-7-14(8-6-13)18-12-21(9-10-25-18)19(22)17-11-15(20(23)24)16(4-2)26-17/h5-8,11,18H,3-4,9-10,12H2,1-2H3,(H,23,24). The molecule has 6 nitrogen and oxygen atoms in total. The molecule has 1 fully saturated rings. The SMILES string of the molecule is CCc1ccc(C2CN(C(=O)c3cc(C(=O)O)c(CC)o3)CCO2)cc1. The maximum Gasteiger partial charge on any atom is 0.339 e. The van der Waals surface area contributed by atoms with E-state index in [0.29, 0.717) is 31.9 Å². The number of morpholine rings is 1. The first kappa shape index (κ1) is 18.2. The largest absolute Gasteiger partial charge is 0.478 e. The Kier molecular flexibility index (Phi) is 5.42. The number of nitrogens with zero attached hydrogens (tertiary/aromatic N) is 1. The Morgan fingerprint density at radius 1 is 1.19 bits per heavy atom. The van der Waals surface area contributed by atoms with Gasteiger partial charge in [-0.25, -0.2) is 4.79 Å². The van der Waals surface area contributed by atoms with Gasteiger partial charge >= 0.3 is 5.97 Å². The molecule has 2 aromatic rings. The molecule has 1 N–H and O–H groups in total. The van der Waals surface area contributed by atoms with E-state index in [4.69, 9.17) is 9.15 Å². The molecule has 138 valence electrons. The average Bonchev–Trinajstić information content (AvgIpc) is 3.12. The number of hydrogen-bond acceptors (Lipinski definition) is 4. The van der Waals surface area contributed by atoms with E-state index in [1.54, 1.807) is 11.8 Å². The predicted octanol–water partition coefficient (Wildman–Crippen LogP) is 3.32. The third-order valence-electron chi connectivity index (χ3n) is 4.68. The minimum Gasteiger partial charge on any atom is -0.478 e. The van der Waals surface area contributed by atoms with E-state index < -0.39 is 5.97 Å². The first-order valence-corrected chi connectivity index (χ1v) is 8.89. The van der Waals surface area contributed by atoms with Crippen LogP contribution in [-0.2, 0) is 17.6 Å². The second kappa shape index (κ2) is 7.74. The second-order valence-electron chi connectivity index (χ2n) is 6.31. The van der Waals surface area contributed by atoms with Crippen molar-refractivity contribution in [2.75, 3.05) is 19.7 Å².